The molecule has 3 N–H and O–H groups in total. The van der Waals surface area contributed by atoms with Gasteiger partial charge in [-0.1, -0.05) is 57.2 Å². The van der Waals surface area contributed by atoms with E-state index in [0.717, 1.165) is 12.3 Å². The number of ether oxygens (including phenoxy) is 2. The van der Waals surface area contributed by atoms with Gasteiger partial charge in [0.15, 0.2) is 35.0 Å². The number of aliphatic hydroxyl groups is 1. The molecule has 5 rings (SSSR count). The number of anilines is 1. The van der Waals surface area contributed by atoms with Gasteiger partial charge in [-0.2, -0.15) is 0 Å². The minimum Gasteiger partial charge on any atom is -0.464 e. The highest BCUT2D eigenvalue weighted by molar-refractivity contribution is 8.09. The van der Waals surface area contributed by atoms with Crippen molar-refractivity contribution in [2.45, 2.75) is 71.4 Å². The number of hydrogen-bond acceptors (Lipinski definition) is 11. The van der Waals surface area contributed by atoms with Crippen molar-refractivity contribution in [2.75, 3.05) is 25.6 Å². The summed E-state index contributed by atoms with van der Waals surface area (Å²) < 4.78 is 57.3. The van der Waals surface area contributed by atoms with E-state index in [1.807, 2.05) is 51.1 Å². The van der Waals surface area contributed by atoms with Crippen LogP contribution < -0.4 is 14.9 Å². The Hall–Kier alpha value is -3.33. The van der Waals surface area contributed by atoms with Crippen LogP contribution in [-0.2, 0) is 30.6 Å². The van der Waals surface area contributed by atoms with Crippen LogP contribution in [0.3, 0.4) is 0 Å². The highest BCUT2D eigenvalue weighted by atomic mass is 32.5. The number of alkyl halides is 2. The molecule has 1 saturated heterocycles. The Bertz CT molecular complexity index is 1830. The number of hydrogen-bond donors (Lipinski definition) is 3. The fraction of sp³-hybridized carbons (Fsp3) is 0.484. The third kappa shape index (κ3) is 7.25. The van der Waals surface area contributed by atoms with Crippen LogP contribution >= 0.6 is 6.64 Å². The number of nitrogens with one attached hydrogen (secondary N) is 2. The van der Waals surface area contributed by atoms with Gasteiger partial charge in [0.2, 0.25) is 0 Å². The van der Waals surface area contributed by atoms with Gasteiger partial charge in [-0.25, -0.2) is 28.8 Å². The zero-order chi connectivity index (χ0) is 34.4. The number of carbonyl (C=O) groups is 1. The highest BCUT2D eigenvalue weighted by Crippen LogP contribution is 2.53. The van der Waals surface area contributed by atoms with Crippen LogP contribution in [0.15, 0.2) is 48.8 Å². The summed E-state index contributed by atoms with van der Waals surface area (Å²) in [4.78, 5) is 25.8. The Morgan fingerprint density at radius 3 is 2.62 bits per heavy atom. The predicted molar refractivity (Wildman–Crippen MR) is 177 cm³/mol. The van der Waals surface area contributed by atoms with Crippen LogP contribution in [0.25, 0.3) is 21.9 Å². The molecule has 2 aromatic heterocycles. The number of nitrogens with zero attached hydrogens (tertiary/aromatic N) is 4. The molecule has 12 nitrogen and oxygen atoms in total. The minimum atomic E-state index is -3.84. The number of rotatable bonds is 11. The zero-order valence-electron chi connectivity index (χ0n) is 27.2. The number of carbonyl (C=O) groups excluding carboxylic acids is 1. The molecule has 47 heavy (non-hydrogen) atoms. The summed E-state index contributed by atoms with van der Waals surface area (Å²) in [5, 5.41) is 18.3. The van der Waals surface area contributed by atoms with Crippen LogP contribution in [0, 0.1) is 12.3 Å². The largest absolute Gasteiger partial charge is 0.464 e. The van der Waals surface area contributed by atoms with Gasteiger partial charge in [-0.15, -0.1) is 0 Å². The second kappa shape index (κ2) is 12.9. The summed E-state index contributed by atoms with van der Waals surface area (Å²) in [6.07, 6.45) is -2.80. The number of aryl methyl sites for hydroxylation is 1. The molecule has 6 atom stereocenters. The van der Waals surface area contributed by atoms with Crippen LogP contribution in [0.4, 0.5) is 14.6 Å². The number of halogens is 2. The Labute approximate surface area is 276 Å². The quantitative estimate of drug-likeness (QED) is 0.135. The molecule has 0 amide bonds. The maximum absolute atomic E-state index is 16.6. The summed E-state index contributed by atoms with van der Waals surface area (Å²) in [5.74, 6) is -2.70. The molecule has 0 spiro atoms. The number of aliphatic hydroxyl groups excluding tert-OH is 1. The lowest BCUT2D eigenvalue weighted by atomic mass is 9.97. The van der Waals surface area contributed by atoms with Crippen molar-refractivity contribution in [1.29, 1.82) is 0 Å². The Morgan fingerprint density at radius 1 is 1.21 bits per heavy atom. The van der Waals surface area contributed by atoms with Gasteiger partial charge in [-0.3, -0.25) is 9.36 Å². The minimum absolute atomic E-state index is 0.138. The topological polar surface area (TPSA) is 142 Å². The first-order valence-corrected chi connectivity index (χ1v) is 17.6. The summed E-state index contributed by atoms with van der Waals surface area (Å²) >= 11 is 5.81. The van der Waals surface area contributed by atoms with Crippen LogP contribution in [-0.4, -0.2) is 74.5 Å². The van der Waals surface area contributed by atoms with Crippen LogP contribution in [0.2, 0.25) is 0 Å². The Morgan fingerprint density at radius 2 is 1.91 bits per heavy atom. The normalized spacial score (nSPS) is 25.1. The second-order valence-corrected chi connectivity index (χ2v) is 16.0. The van der Waals surface area contributed by atoms with Crippen molar-refractivity contribution in [2.24, 2.45) is 5.41 Å². The molecule has 254 valence electrons. The average Bonchev–Trinajstić information content (AvgIpc) is 3.50. The smallest absolute Gasteiger partial charge is 0.323 e. The molecule has 0 unspecified atom stereocenters. The molecule has 0 bridgehead atoms. The molecule has 0 radical (unpaired) electrons. The van der Waals surface area contributed by atoms with Crippen LogP contribution in [0.1, 0.15) is 46.7 Å². The monoisotopic (exact) mass is 692 g/mol. The number of esters is 1. The SMILES string of the molecule is CNc1nc(C)nc2c1ncn2[C@@H]1O[C@](F)(CO[P@](=S)(N[C@@H](C)C(=O)OCC(C)(C)C)Oc2cccc3ccccc23)[C@@H](O)[C@@]1(C)F. The lowest BCUT2D eigenvalue weighted by molar-refractivity contribution is -0.202. The van der Waals surface area contributed by atoms with Gasteiger partial charge in [0.1, 0.15) is 24.2 Å². The molecule has 0 aliphatic carbocycles. The molecule has 4 aromatic rings. The van der Waals surface area contributed by atoms with E-state index in [4.69, 9.17) is 30.3 Å². The third-order valence-electron chi connectivity index (χ3n) is 7.51. The number of imidazole rings is 1. The average molecular weight is 693 g/mol. The van der Waals surface area contributed by atoms with Crippen molar-refractivity contribution < 1.29 is 37.2 Å². The fourth-order valence-corrected chi connectivity index (χ4v) is 7.50. The van der Waals surface area contributed by atoms with Gasteiger partial charge in [0, 0.05) is 12.4 Å². The van der Waals surface area contributed by atoms with Crippen molar-refractivity contribution in [3.05, 3.63) is 54.6 Å². The van der Waals surface area contributed by atoms with Crippen LogP contribution in [0.5, 0.6) is 5.75 Å². The van der Waals surface area contributed by atoms with E-state index >= 15 is 8.78 Å². The van der Waals surface area contributed by atoms with Crippen molar-refractivity contribution >= 4 is 52.2 Å². The zero-order valence-corrected chi connectivity index (χ0v) is 28.9. The lowest BCUT2D eigenvalue weighted by Gasteiger charge is -2.30. The molecular weight excluding hydrogens is 653 g/mol. The molecule has 3 heterocycles. The van der Waals surface area contributed by atoms with Gasteiger partial charge in [0.25, 0.3) is 5.85 Å². The molecule has 1 fully saturated rings. The summed E-state index contributed by atoms with van der Waals surface area (Å²) in [6, 6.07) is 11.6. The van der Waals surface area contributed by atoms with Crippen molar-refractivity contribution in [1.82, 2.24) is 24.6 Å². The first-order chi connectivity index (χ1) is 22.0. The number of fused-ring (bicyclic) bond motifs is 2. The van der Waals surface area contributed by atoms with Gasteiger partial charge >= 0.3 is 12.6 Å². The first kappa shape index (κ1) is 35.0. The second-order valence-electron chi connectivity index (χ2n) is 12.9. The van der Waals surface area contributed by atoms with E-state index in [2.05, 4.69) is 25.4 Å². The molecular formula is C31H39F2N6O6PS. The van der Waals surface area contributed by atoms with E-state index in [-0.39, 0.29) is 17.7 Å². The van der Waals surface area contributed by atoms with Gasteiger partial charge in [-0.05, 0) is 49.4 Å². The first-order valence-electron chi connectivity index (χ1n) is 15.0. The van der Waals surface area contributed by atoms with Crippen molar-refractivity contribution in [3.63, 3.8) is 0 Å². The number of aromatic nitrogens is 4. The van der Waals surface area contributed by atoms with E-state index in [1.54, 1.807) is 26.1 Å². The lowest BCUT2D eigenvalue weighted by Crippen LogP contribution is -2.47. The number of benzene rings is 2. The summed E-state index contributed by atoms with van der Waals surface area (Å²) in [5.41, 5.74) is -2.50. The Balaban J connectivity index is 1.44. The molecule has 2 aromatic carbocycles. The van der Waals surface area contributed by atoms with E-state index in [0.29, 0.717) is 28.3 Å². The highest BCUT2D eigenvalue weighted by Gasteiger charge is 2.65. The maximum atomic E-state index is 16.6. The molecule has 16 heteroatoms. The van der Waals surface area contributed by atoms with E-state index < -0.39 is 49.1 Å². The molecule has 1 aliphatic rings. The summed E-state index contributed by atoms with van der Waals surface area (Å²) in [6.45, 7) is 5.14. The predicted octanol–water partition coefficient (Wildman–Crippen LogP) is 5.50. The fourth-order valence-electron chi connectivity index (χ4n) is 5.10. The Kier molecular flexibility index (Phi) is 9.63. The maximum Gasteiger partial charge on any atom is 0.323 e. The van der Waals surface area contributed by atoms with E-state index in [9.17, 15) is 9.90 Å². The molecule has 0 saturated carbocycles. The van der Waals surface area contributed by atoms with Gasteiger partial charge in [0.05, 0.1) is 12.9 Å². The third-order valence-corrected chi connectivity index (χ3v) is 9.97. The van der Waals surface area contributed by atoms with Crippen molar-refractivity contribution in [3.8, 4) is 5.75 Å². The van der Waals surface area contributed by atoms with E-state index in [1.165, 1.54) is 17.8 Å². The standard InChI is InChI=1S/C31H39F2N6O6PS/c1-18(26(40)42-15-29(3,4)5)38-46(47,45-22-14-10-12-20-11-8-9-13-21(20)22)43-16-31(33)27(41)30(6,32)28(44-31)39-17-35-23-24(34-7)36-19(2)37-25(23)39/h8-14,17-18,27-28,41H,15-16H2,1-7H3,(H,38,47)(H,34,36,37)/t18-,27-,28+,30+,31+,46+/m0/s1. The summed E-state index contributed by atoms with van der Waals surface area (Å²) in [7, 11) is 1.64. The van der Waals surface area contributed by atoms with Gasteiger partial charge < -0.3 is 28.9 Å². The molecule has 1 aliphatic heterocycles.